The van der Waals surface area contributed by atoms with Gasteiger partial charge in [0.05, 0.1) is 10.2 Å². The summed E-state index contributed by atoms with van der Waals surface area (Å²) in [6, 6.07) is 4.52. The van der Waals surface area contributed by atoms with Gasteiger partial charge in [0.15, 0.2) is 5.69 Å². The molecule has 1 aliphatic rings. The molecule has 0 bridgehead atoms. The zero-order chi connectivity index (χ0) is 23.1. The van der Waals surface area contributed by atoms with Gasteiger partial charge < -0.3 is 5.21 Å². The predicted molar refractivity (Wildman–Crippen MR) is 117 cm³/mol. The predicted octanol–water partition coefficient (Wildman–Crippen LogP) is 3.87. The first-order valence-corrected chi connectivity index (χ1v) is 12.8. The third kappa shape index (κ3) is 6.55. The number of rotatable bonds is 12. The molecule has 2 aromatic rings. The number of sulfonamides is 1. The first-order chi connectivity index (χ1) is 15.3. The van der Waals surface area contributed by atoms with Crippen molar-refractivity contribution in [1.82, 2.24) is 14.6 Å². The molecule has 8 nitrogen and oxygen atoms in total. The van der Waals surface area contributed by atoms with Crippen molar-refractivity contribution in [2.24, 2.45) is 5.16 Å². The van der Waals surface area contributed by atoms with E-state index in [0.717, 1.165) is 31.2 Å². The Hall–Kier alpha value is -1.92. The Bertz CT molecular complexity index is 1040. The highest BCUT2D eigenvalue weighted by Gasteiger charge is 2.35. The van der Waals surface area contributed by atoms with Gasteiger partial charge in [0, 0.05) is 19.5 Å². The summed E-state index contributed by atoms with van der Waals surface area (Å²) in [5, 5.41) is 20.5. The molecular weight excluding hydrogens is 510 g/mol. The molecule has 1 N–H and O–H groups in total. The lowest BCUT2D eigenvalue weighted by atomic mass is 10.0. The molecule has 32 heavy (non-hydrogen) atoms. The number of hydrogen-bond donors (Lipinski definition) is 1. The second-order valence-electron chi connectivity index (χ2n) is 7.78. The summed E-state index contributed by atoms with van der Waals surface area (Å²) in [6.07, 6.45) is 3.56. The van der Waals surface area contributed by atoms with Gasteiger partial charge in [-0.15, -0.1) is 0 Å². The summed E-state index contributed by atoms with van der Waals surface area (Å²) >= 11 is 3.13. The van der Waals surface area contributed by atoms with Crippen LogP contribution in [0.2, 0.25) is 0 Å². The summed E-state index contributed by atoms with van der Waals surface area (Å²) in [6.45, 7) is -0.0397. The van der Waals surface area contributed by atoms with E-state index in [9.17, 15) is 22.4 Å². The van der Waals surface area contributed by atoms with Crippen LogP contribution < -0.4 is 0 Å². The van der Waals surface area contributed by atoms with Gasteiger partial charge in [-0.3, -0.25) is 0 Å². The molecule has 1 aromatic heterocycles. The fraction of sp³-hybridized carbons (Fsp3) is 0.550. The van der Waals surface area contributed by atoms with Crippen molar-refractivity contribution in [2.75, 3.05) is 18.8 Å². The van der Waals surface area contributed by atoms with E-state index in [2.05, 4.69) is 31.4 Å². The Labute approximate surface area is 193 Å². The van der Waals surface area contributed by atoms with E-state index in [1.165, 1.54) is 10.4 Å². The van der Waals surface area contributed by atoms with E-state index < -0.39 is 16.2 Å². The number of alkyl halides is 1. The molecule has 176 valence electrons. The highest BCUT2D eigenvalue weighted by Crippen LogP contribution is 2.20. The largest absolute Gasteiger partial charge is 0.411 e. The van der Waals surface area contributed by atoms with Gasteiger partial charge in [0.1, 0.15) is 23.4 Å². The fourth-order valence-electron chi connectivity index (χ4n) is 3.45. The summed E-state index contributed by atoms with van der Waals surface area (Å²) < 4.78 is 56.5. The van der Waals surface area contributed by atoms with Crippen LogP contribution in [0.15, 0.2) is 32.5 Å². The Morgan fingerprint density at radius 2 is 1.94 bits per heavy atom. The van der Waals surface area contributed by atoms with Crippen LogP contribution in [0.4, 0.5) is 8.78 Å². The summed E-state index contributed by atoms with van der Waals surface area (Å²) in [7, 11) is -3.33. The van der Waals surface area contributed by atoms with Gasteiger partial charge >= 0.3 is 0 Å². The van der Waals surface area contributed by atoms with Crippen molar-refractivity contribution in [3.8, 4) is 0 Å². The Kier molecular flexibility index (Phi) is 8.72. The van der Waals surface area contributed by atoms with Gasteiger partial charge in [0.2, 0.25) is 10.0 Å². The van der Waals surface area contributed by atoms with Crippen LogP contribution in [-0.2, 0) is 22.9 Å². The van der Waals surface area contributed by atoms with Crippen molar-refractivity contribution >= 4 is 31.7 Å². The number of aromatic nitrogens is 2. The number of nitrogens with zero attached hydrogens (tertiary/aromatic N) is 4. The molecule has 1 aliphatic heterocycles. The number of oxime groups is 1. The molecule has 0 amide bonds. The molecule has 12 heteroatoms. The standard InChI is InChI=1S/C20H25BrF2N4O4S/c21-16-10-14(7-8-17(16)23)11-19(24-28)20-18(25-31-26-20)6-4-2-1-3-5-9-32(29,30)27-12-15(22)13-27/h7-8,10,15,28H,1-6,9,11-13H2/b24-19+. The van der Waals surface area contributed by atoms with Crippen molar-refractivity contribution < 1.29 is 27.0 Å². The minimum atomic E-state index is -3.33. The third-order valence-electron chi connectivity index (χ3n) is 5.32. The molecule has 0 saturated carbocycles. The van der Waals surface area contributed by atoms with Crippen LogP contribution in [0.3, 0.4) is 0 Å². The summed E-state index contributed by atoms with van der Waals surface area (Å²) in [4.78, 5) is 0. The molecule has 0 aliphatic carbocycles. The summed E-state index contributed by atoms with van der Waals surface area (Å²) in [5.41, 5.74) is 1.93. The molecule has 0 spiro atoms. The number of aryl methyl sites for hydroxylation is 1. The van der Waals surface area contributed by atoms with E-state index in [1.807, 2.05) is 0 Å². The minimum Gasteiger partial charge on any atom is -0.411 e. The minimum absolute atomic E-state index is 0.0199. The van der Waals surface area contributed by atoms with E-state index >= 15 is 0 Å². The molecule has 3 rings (SSSR count). The van der Waals surface area contributed by atoms with Gasteiger partial charge in [-0.05, 0) is 58.0 Å². The lowest BCUT2D eigenvalue weighted by molar-refractivity contribution is 0.141. The Morgan fingerprint density at radius 3 is 2.62 bits per heavy atom. The number of unbranched alkanes of at least 4 members (excludes halogenated alkanes) is 4. The van der Waals surface area contributed by atoms with Crippen molar-refractivity contribution in [2.45, 2.75) is 51.1 Å². The molecule has 0 atom stereocenters. The van der Waals surface area contributed by atoms with Gasteiger partial charge in [0.25, 0.3) is 0 Å². The average Bonchev–Trinajstić information content (AvgIpc) is 3.19. The summed E-state index contributed by atoms with van der Waals surface area (Å²) in [5.74, 6) is -0.334. The lowest BCUT2D eigenvalue weighted by Gasteiger charge is -2.33. The van der Waals surface area contributed by atoms with Crippen LogP contribution in [0, 0.1) is 5.82 Å². The highest BCUT2D eigenvalue weighted by atomic mass is 79.9. The Morgan fingerprint density at radius 1 is 1.22 bits per heavy atom. The van der Waals surface area contributed by atoms with Crippen LogP contribution in [0.1, 0.15) is 49.1 Å². The molecule has 0 unspecified atom stereocenters. The van der Waals surface area contributed by atoms with E-state index in [-0.39, 0.29) is 36.8 Å². The maximum absolute atomic E-state index is 13.4. The first-order valence-electron chi connectivity index (χ1n) is 10.4. The van der Waals surface area contributed by atoms with Crippen LogP contribution in [0.5, 0.6) is 0 Å². The monoisotopic (exact) mass is 534 g/mol. The van der Waals surface area contributed by atoms with E-state index in [4.69, 9.17) is 4.63 Å². The topological polar surface area (TPSA) is 109 Å². The molecule has 1 aromatic carbocycles. The van der Waals surface area contributed by atoms with Crippen molar-refractivity contribution in [3.05, 3.63) is 45.4 Å². The maximum Gasteiger partial charge on any atom is 0.214 e. The van der Waals surface area contributed by atoms with Gasteiger partial charge in [-0.1, -0.05) is 35.6 Å². The quantitative estimate of drug-likeness (QED) is 0.191. The zero-order valence-corrected chi connectivity index (χ0v) is 19.8. The van der Waals surface area contributed by atoms with Crippen LogP contribution >= 0.6 is 15.9 Å². The molecule has 1 fully saturated rings. The van der Waals surface area contributed by atoms with E-state index in [0.29, 0.717) is 28.7 Å². The molecular formula is C20H25BrF2N4O4S. The third-order valence-corrected chi connectivity index (χ3v) is 7.82. The lowest BCUT2D eigenvalue weighted by Crippen LogP contribution is -2.52. The van der Waals surface area contributed by atoms with E-state index in [1.54, 1.807) is 12.1 Å². The molecule has 0 radical (unpaired) electrons. The Balaban J connectivity index is 1.41. The maximum atomic E-state index is 13.4. The first kappa shape index (κ1) is 24.7. The van der Waals surface area contributed by atoms with Crippen molar-refractivity contribution in [1.29, 1.82) is 0 Å². The second kappa shape index (κ2) is 11.3. The highest BCUT2D eigenvalue weighted by molar-refractivity contribution is 9.10. The fourth-order valence-corrected chi connectivity index (χ4v) is 5.48. The van der Waals surface area contributed by atoms with Crippen LogP contribution in [0.25, 0.3) is 0 Å². The van der Waals surface area contributed by atoms with Gasteiger partial charge in [-0.25, -0.2) is 21.8 Å². The SMILES string of the molecule is O=S(=O)(CCCCCCCc1nonc1/C(Cc1ccc(F)c(Br)c1)=N/O)N1CC(F)C1. The molecule has 1 saturated heterocycles. The average molecular weight is 535 g/mol. The number of hydrogen-bond acceptors (Lipinski definition) is 7. The number of benzene rings is 1. The number of halogens is 3. The zero-order valence-electron chi connectivity index (χ0n) is 17.4. The smallest absolute Gasteiger partial charge is 0.214 e. The van der Waals surface area contributed by atoms with Gasteiger partial charge in [-0.2, -0.15) is 4.31 Å². The van der Waals surface area contributed by atoms with Crippen molar-refractivity contribution in [3.63, 3.8) is 0 Å². The second-order valence-corrected chi connectivity index (χ2v) is 10.7. The normalized spacial score (nSPS) is 15.8. The van der Waals surface area contributed by atoms with Crippen LogP contribution in [-0.4, -0.2) is 59.0 Å². The molecule has 2 heterocycles.